The number of carbonyl (C=O) groups is 1. The van der Waals surface area contributed by atoms with Gasteiger partial charge in [0.15, 0.2) is 5.16 Å². The highest BCUT2D eigenvalue weighted by Gasteiger charge is 2.25. The molecule has 6 heteroatoms. The maximum atomic E-state index is 10.8. The number of carboxylic acid groups (broad SMARTS) is 1. The second kappa shape index (κ2) is 6.23. The van der Waals surface area contributed by atoms with Crippen molar-refractivity contribution in [3.63, 3.8) is 0 Å². The van der Waals surface area contributed by atoms with Gasteiger partial charge in [-0.15, -0.1) is 0 Å². The van der Waals surface area contributed by atoms with Gasteiger partial charge in [0.05, 0.1) is 11.8 Å². The van der Waals surface area contributed by atoms with E-state index >= 15 is 0 Å². The third kappa shape index (κ3) is 3.68. The van der Waals surface area contributed by atoms with Crippen LogP contribution >= 0.6 is 23.1 Å². The number of carboxylic acids is 1. The molecule has 1 atom stereocenters. The van der Waals surface area contributed by atoms with Crippen LogP contribution in [0.25, 0.3) is 0 Å². The summed E-state index contributed by atoms with van der Waals surface area (Å²) in [4.78, 5) is 15.3. The Morgan fingerprint density at radius 2 is 2.24 bits per heavy atom. The Morgan fingerprint density at radius 3 is 2.76 bits per heavy atom. The molecule has 2 aromatic heterocycles. The number of thiophene rings is 1. The number of hydrogen-bond donors (Lipinski definition) is 1. The fourth-order valence-corrected chi connectivity index (χ4v) is 3.69. The largest absolute Gasteiger partial charge is 0.481 e. The van der Waals surface area contributed by atoms with E-state index in [1.165, 1.54) is 17.3 Å². The molecular weight excluding hydrogens is 304 g/mol. The van der Waals surface area contributed by atoms with Crippen LogP contribution in [0.2, 0.25) is 0 Å². The molecule has 0 saturated heterocycles. The van der Waals surface area contributed by atoms with Crippen LogP contribution in [-0.4, -0.2) is 26.4 Å². The number of imidazole rings is 1. The van der Waals surface area contributed by atoms with E-state index in [9.17, 15) is 4.79 Å². The van der Waals surface area contributed by atoms with E-state index in [1.807, 2.05) is 6.20 Å². The van der Waals surface area contributed by atoms with E-state index in [1.54, 1.807) is 11.3 Å². The Morgan fingerprint density at radius 1 is 1.52 bits per heavy atom. The zero-order valence-electron chi connectivity index (χ0n) is 12.7. The zero-order chi connectivity index (χ0) is 15.6. The maximum absolute atomic E-state index is 10.8. The first-order valence-electron chi connectivity index (χ1n) is 6.75. The number of hydrogen-bond acceptors (Lipinski definition) is 4. The van der Waals surface area contributed by atoms with Crippen molar-refractivity contribution in [2.75, 3.05) is 5.75 Å². The molecule has 114 valence electrons. The fraction of sp³-hybridized carbons (Fsp3) is 0.467. The number of aromatic nitrogens is 2. The molecule has 4 nitrogen and oxygen atoms in total. The van der Waals surface area contributed by atoms with E-state index in [4.69, 9.17) is 5.11 Å². The predicted molar refractivity (Wildman–Crippen MR) is 87.4 cm³/mol. The van der Waals surface area contributed by atoms with Crippen LogP contribution in [0.4, 0.5) is 0 Å². The van der Waals surface area contributed by atoms with Crippen LogP contribution in [0.5, 0.6) is 0 Å². The van der Waals surface area contributed by atoms with Gasteiger partial charge in [0, 0.05) is 17.3 Å². The van der Waals surface area contributed by atoms with Crippen molar-refractivity contribution in [3.05, 3.63) is 34.3 Å². The Balaban J connectivity index is 2.43. The first-order valence-corrected chi connectivity index (χ1v) is 8.68. The third-order valence-corrected chi connectivity index (χ3v) is 4.92. The second-order valence-electron chi connectivity index (χ2n) is 5.96. The van der Waals surface area contributed by atoms with Gasteiger partial charge in [-0.1, -0.05) is 32.5 Å². The molecule has 0 amide bonds. The maximum Gasteiger partial charge on any atom is 0.313 e. The smallest absolute Gasteiger partial charge is 0.313 e. The zero-order valence-corrected chi connectivity index (χ0v) is 14.3. The molecule has 0 aliphatic carbocycles. The lowest BCUT2D eigenvalue weighted by molar-refractivity contribution is -0.133. The lowest BCUT2D eigenvalue weighted by Crippen LogP contribution is -2.21. The molecule has 0 radical (unpaired) electrons. The normalized spacial score (nSPS) is 13.3. The molecule has 0 spiro atoms. The van der Waals surface area contributed by atoms with Gasteiger partial charge in [0.2, 0.25) is 0 Å². The van der Waals surface area contributed by atoms with Gasteiger partial charge >= 0.3 is 5.97 Å². The highest BCUT2D eigenvalue weighted by atomic mass is 32.2. The fourth-order valence-electron chi connectivity index (χ4n) is 2.17. The van der Waals surface area contributed by atoms with Gasteiger partial charge in [-0.25, -0.2) is 4.98 Å². The van der Waals surface area contributed by atoms with Crippen LogP contribution in [0.1, 0.15) is 45.0 Å². The summed E-state index contributed by atoms with van der Waals surface area (Å²) in [6.45, 7) is 8.56. The summed E-state index contributed by atoms with van der Waals surface area (Å²) >= 11 is 2.94. The third-order valence-electron chi connectivity index (χ3n) is 3.27. The van der Waals surface area contributed by atoms with Crippen molar-refractivity contribution in [2.24, 2.45) is 0 Å². The van der Waals surface area contributed by atoms with Crippen LogP contribution in [-0.2, 0) is 10.2 Å². The number of aliphatic carboxylic acids is 1. The monoisotopic (exact) mass is 324 g/mol. The average molecular weight is 324 g/mol. The summed E-state index contributed by atoms with van der Waals surface area (Å²) in [5, 5.41) is 13.9. The molecule has 0 aliphatic heterocycles. The molecule has 2 rings (SSSR count). The van der Waals surface area contributed by atoms with Crippen molar-refractivity contribution in [2.45, 2.75) is 44.3 Å². The minimum Gasteiger partial charge on any atom is -0.481 e. The quantitative estimate of drug-likeness (QED) is 0.844. The van der Waals surface area contributed by atoms with Crippen molar-refractivity contribution in [1.82, 2.24) is 9.55 Å². The SMILES string of the molecule is CC(c1ccsc1)n1c(C(C)(C)C)cnc1SCC(=O)O. The first-order chi connectivity index (χ1) is 9.80. The van der Waals surface area contributed by atoms with Crippen LogP contribution in [0.15, 0.2) is 28.2 Å². The van der Waals surface area contributed by atoms with E-state index < -0.39 is 5.97 Å². The molecule has 0 aliphatic rings. The summed E-state index contributed by atoms with van der Waals surface area (Å²) in [5.74, 6) is -0.799. The summed E-state index contributed by atoms with van der Waals surface area (Å²) in [5.41, 5.74) is 2.30. The molecule has 1 unspecified atom stereocenters. The van der Waals surface area contributed by atoms with Gasteiger partial charge in [0.1, 0.15) is 0 Å². The minimum atomic E-state index is -0.824. The molecule has 2 aromatic rings. The van der Waals surface area contributed by atoms with Crippen molar-refractivity contribution in [1.29, 1.82) is 0 Å². The number of nitrogens with zero attached hydrogens (tertiary/aromatic N) is 2. The van der Waals surface area contributed by atoms with Crippen LogP contribution in [0.3, 0.4) is 0 Å². The molecular formula is C15H20N2O2S2. The highest BCUT2D eigenvalue weighted by molar-refractivity contribution is 7.99. The molecule has 0 saturated carbocycles. The molecule has 0 fully saturated rings. The topological polar surface area (TPSA) is 55.1 Å². The lowest BCUT2D eigenvalue weighted by atomic mass is 9.92. The van der Waals surface area contributed by atoms with Gasteiger partial charge in [-0.3, -0.25) is 4.79 Å². The number of rotatable bonds is 5. The van der Waals surface area contributed by atoms with E-state index in [0.29, 0.717) is 0 Å². The van der Waals surface area contributed by atoms with E-state index in [0.717, 1.165) is 10.9 Å². The van der Waals surface area contributed by atoms with E-state index in [2.05, 4.69) is 54.1 Å². The lowest BCUT2D eigenvalue weighted by Gasteiger charge is -2.25. The molecule has 1 N–H and O–H groups in total. The minimum absolute atomic E-state index is 0.0248. The van der Waals surface area contributed by atoms with Gasteiger partial charge in [-0.05, 0) is 29.3 Å². The Hall–Kier alpha value is -1.27. The van der Waals surface area contributed by atoms with Gasteiger partial charge in [-0.2, -0.15) is 11.3 Å². The summed E-state index contributed by atoms with van der Waals surface area (Å²) in [6.07, 6.45) is 1.87. The summed E-state index contributed by atoms with van der Waals surface area (Å²) in [6, 6.07) is 2.25. The number of thioether (sulfide) groups is 1. The molecule has 21 heavy (non-hydrogen) atoms. The van der Waals surface area contributed by atoms with Gasteiger partial charge < -0.3 is 9.67 Å². The van der Waals surface area contributed by atoms with Crippen molar-refractivity contribution in [3.8, 4) is 0 Å². The summed E-state index contributed by atoms with van der Waals surface area (Å²) < 4.78 is 2.16. The standard InChI is InChI=1S/C15H20N2O2S2/c1-10(11-5-6-20-8-11)17-12(15(2,3)4)7-16-14(17)21-9-13(18)19/h5-8,10H,9H2,1-4H3,(H,18,19). The van der Waals surface area contributed by atoms with E-state index in [-0.39, 0.29) is 17.2 Å². The van der Waals surface area contributed by atoms with Crippen molar-refractivity contribution < 1.29 is 9.90 Å². The van der Waals surface area contributed by atoms with Gasteiger partial charge in [0.25, 0.3) is 0 Å². The van der Waals surface area contributed by atoms with Crippen molar-refractivity contribution >= 4 is 29.1 Å². The second-order valence-corrected chi connectivity index (χ2v) is 7.68. The molecule has 0 aromatic carbocycles. The van der Waals surface area contributed by atoms with Crippen LogP contribution < -0.4 is 0 Å². The molecule has 2 heterocycles. The Kier molecular flexibility index (Phi) is 4.78. The Labute approximate surface area is 133 Å². The highest BCUT2D eigenvalue weighted by Crippen LogP contribution is 2.33. The average Bonchev–Trinajstić information content (AvgIpc) is 3.03. The summed E-state index contributed by atoms with van der Waals surface area (Å²) in [7, 11) is 0. The predicted octanol–water partition coefficient (Wildman–Crippen LogP) is 4.03. The molecule has 0 bridgehead atoms. The van der Waals surface area contributed by atoms with Crippen LogP contribution in [0, 0.1) is 0 Å². The Bertz CT molecular complexity index is 612. The first kappa shape index (κ1) is 16.1.